The Hall–Kier alpha value is -4.20. The number of carboxylic acids is 1. The predicted molar refractivity (Wildman–Crippen MR) is 140 cm³/mol. The maximum Gasteiger partial charge on any atom is 0.326 e. The number of aliphatic carboxylic acids is 1. The highest BCUT2D eigenvalue weighted by Gasteiger charge is 2.31. The molecule has 5 amide bonds. The van der Waals surface area contributed by atoms with Crippen molar-refractivity contribution in [2.75, 3.05) is 0 Å². The first-order valence-electron chi connectivity index (χ1n) is 12.5. The van der Waals surface area contributed by atoms with E-state index in [1.165, 1.54) is 24.3 Å². The van der Waals surface area contributed by atoms with Crippen molar-refractivity contribution in [1.82, 2.24) is 16.0 Å². The molecular weight excluding hydrogens is 512 g/mol. The number of rotatable bonds is 17. The van der Waals surface area contributed by atoms with Gasteiger partial charge in [-0.3, -0.25) is 24.0 Å². The Morgan fingerprint density at radius 1 is 0.795 bits per heavy atom. The number of hydrogen-bond acceptors (Lipinski definition) is 8. The monoisotopic (exact) mass is 550 g/mol. The lowest BCUT2D eigenvalue weighted by molar-refractivity contribution is -0.142. The van der Waals surface area contributed by atoms with Crippen molar-refractivity contribution in [1.29, 1.82) is 0 Å². The van der Waals surface area contributed by atoms with E-state index in [1.54, 1.807) is 6.92 Å². The molecule has 0 radical (unpaired) electrons. The lowest BCUT2D eigenvalue weighted by atomic mass is 9.98. The molecule has 14 nitrogen and oxygen atoms in total. The first-order chi connectivity index (χ1) is 18.2. The van der Waals surface area contributed by atoms with Gasteiger partial charge in [0.05, 0.1) is 6.04 Å². The molecule has 11 N–H and O–H groups in total. The second kappa shape index (κ2) is 15.9. The summed E-state index contributed by atoms with van der Waals surface area (Å²) in [7, 11) is 0. The van der Waals surface area contributed by atoms with Crippen LogP contribution in [-0.4, -0.2) is 69.9 Å². The Labute approximate surface area is 226 Å². The van der Waals surface area contributed by atoms with Crippen LogP contribution >= 0.6 is 0 Å². The second-order valence-electron chi connectivity index (χ2n) is 9.31. The van der Waals surface area contributed by atoms with Crippen LogP contribution < -0.4 is 33.2 Å². The Balaban J connectivity index is 3.09. The fraction of sp³-hybridized carbons (Fsp3) is 0.520. The minimum atomic E-state index is -1.41. The van der Waals surface area contributed by atoms with E-state index in [9.17, 15) is 39.0 Å². The highest BCUT2D eigenvalue weighted by Crippen LogP contribution is 2.12. The number of carbonyl (C=O) groups is 6. The third-order valence-electron chi connectivity index (χ3n) is 6.18. The third-order valence-corrected chi connectivity index (χ3v) is 6.18. The standard InChI is InChI=1S/C25H38N6O8/c1-3-13(2)21(28)24(37)30-17(9-11-20(27)34)22(35)29-16(8-10-19(26)33)23(36)31-18(25(38)39)12-14-4-6-15(32)7-5-14/h4-7,13,16-18,21,32H,3,8-12,28H2,1-2H3,(H2,26,33)(H2,27,34)(H,29,35)(H,30,37)(H,31,36)(H,38,39). The number of carbonyl (C=O) groups excluding carboxylic acids is 5. The molecule has 39 heavy (non-hydrogen) atoms. The Morgan fingerprint density at radius 2 is 1.23 bits per heavy atom. The number of nitrogens with two attached hydrogens (primary N) is 3. The zero-order valence-electron chi connectivity index (χ0n) is 22.0. The molecule has 0 aromatic heterocycles. The number of carboxylic acid groups (broad SMARTS) is 1. The van der Waals surface area contributed by atoms with Crippen LogP contribution in [0.4, 0.5) is 0 Å². The van der Waals surface area contributed by atoms with Gasteiger partial charge in [0.25, 0.3) is 0 Å². The van der Waals surface area contributed by atoms with Gasteiger partial charge in [0.15, 0.2) is 0 Å². The molecular formula is C25H38N6O8. The van der Waals surface area contributed by atoms with Crippen molar-refractivity contribution in [2.24, 2.45) is 23.1 Å². The fourth-order valence-corrected chi connectivity index (χ4v) is 3.50. The largest absolute Gasteiger partial charge is 0.508 e. The summed E-state index contributed by atoms with van der Waals surface area (Å²) < 4.78 is 0. The number of phenolic OH excluding ortho intramolecular Hbond substituents is 1. The van der Waals surface area contributed by atoms with Crippen molar-refractivity contribution in [3.8, 4) is 5.75 Å². The molecule has 1 aromatic carbocycles. The lowest BCUT2D eigenvalue weighted by Crippen LogP contribution is -2.58. The fourth-order valence-electron chi connectivity index (χ4n) is 3.50. The third kappa shape index (κ3) is 11.8. The predicted octanol–water partition coefficient (Wildman–Crippen LogP) is -1.62. The summed E-state index contributed by atoms with van der Waals surface area (Å²) in [6, 6.07) is 0.649. The van der Waals surface area contributed by atoms with Gasteiger partial charge in [-0.05, 0) is 36.5 Å². The molecule has 0 bridgehead atoms. The summed E-state index contributed by atoms with van der Waals surface area (Å²) in [5, 5.41) is 26.2. The number of amides is 5. The normalized spacial score (nSPS) is 14.6. The summed E-state index contributed by atoms with van der Waals surface area (Å²) >= 11 is 0. The molecule has 0 saturated carbocycles. The van der Waals surface area contributed by atoms with Crippen LogP contribution in [0.15, 0.2) is 24.3 Å². The Kier molecular flexibility index (Phi) is 13.4. The van der Waals surface area contributed by atoms with E-state index < -0.39 is 59.7 Å². The summed E-state index contributed by atoms with van der Waals surface area (Å²) in [5.41, 5.74) is 16.8. The van der Waals surface area contributed by atoms with E-state index in [0.717, 1.165) is 0 Å². The minimum absolute atomic E-state index is 0.0213. The van der Waals surface area contributed by atoms with Gasteiger partial charge in [0.1, 0.15) is 23.9 Å². The summed E-state index contributed by atoms with van der Waals surface area (Å²) in [6.45, 7) is 3.59. The molecule has 5 atom stereocenters. The SMILES string of the molecule is CCC(C)C(N)C(=O)NC(CCC(N)=O)C(=O)NC(CCC(N)=O)C(=O)NC(Cc1ccc(O)cc1)C(=O)O. The van der Waals surface area contributed by atoms with E-state index >= 15 is 0 Å². The van der Waals surface area contributed by atoms with E-state index in [-0.39, 0.29) is 43.8 Å². The van der Waals surface area contributed by atoms with E-state index in [4.69, 9.17) is 17.2 Å². The molecule has 14 heteroatoms. The zero-order chi connectivity index (χ0) is 29.7. The summed E-state index contributed by atoms with van der Waals surface area (Å²) in [6.07, 6.45) is -0.572. The molecule has 0 aliphatic heterocycles. The maximum absolute atomic E-state index is 13.1. The molecule has 0 heterocycles. The quantitative estimate of drug-likeness (QED) is 0.111. The zero-order valence-corrected chi connectivity index (χ0v) is 22.0. The van der Waals surface area contributed by atoms with Crippen LogP contribution in [-0.2, 0) is 35.2 Å². The minimum Gasteiger partial charge on any atom is -0.508 e. The lowest BCUT2D eigenvalue weighted by Gasteiger charge is -2.26. The van der Waals surface area contributed by atoms with Gasteiger partial charge < -0.3 is 43.4 Å². The number of benzene rings is 1. The van der Waals surface area contributed by atoms with Gasteiger partial charge in [-0.1, -0.05) is 32.4 Å². The molecule has 0 saturated heterocycles. The van der Waals surface area contributed by atoms with Crippen molar-refractivity contribution in [3.05, 3.63) is 29.8 Å². The van der Waals surface area contributed by atoms with Crippen LogP contribution in [0.2, 0.25) is 0 Å². The van der Waals surface area contributed by atoms with Gasteiger partial charge in [-0.25, -0.2) is 4.79 Å². The average Bonchev–Trinajstić information content (AvgIpc) is 2.87. The molecule has 5 unspecified atom stereocenters. The van der Waals surface area contributed by atoms with Gasteiger partial charge >= 0.3 is 5.97 Å². The smallest absolute Gasteiger partial charge is 0.326 e. The van der Waals surface area contributed by atoms with E-state index in [1.807, 2.05) is 6.92 Å². The summed E-state index contributed by atoms with van der Waals surface area (Å²) in [4.78, 5) is 73.3. The van der Waals surface area contributed by atoms with Gasteiger partial charge in [-0.15, -0.1) is 0 Å². The second-order valence-corrected chi connectivity index (χ2v) is 9.31. The van der Waals surface area contributed by atoms with Gasteiger partial charge in [0.2, 0.25) is 29.5 Å². The average molecular weight is 551 g/mol. The molecule has 0 spiro atoms. The van der Waals surface area contributed by atoms with Crippen molar-refractivity contribution in [3.63, 3.8) is 0 Å². The number of aromatic hydroxyl groups is 1. The number of hydrogen-bond donors (Lipinski definition) is 8. The van der Waals surface area contributed by atoms with E-state index in [0.29, 0.717) is 12.0 Å². The Bertz CT molecular complexity index is 1030. The highest BCUT2D eigenvalue weighted by molar-refractivity contribution is 5.94. The van der Waals surface area contributed by atoms with Crippen LogP contribution in [0.1, 0.15) is 51.5 Å². The first kappa shape index (κ1) is 32.8. The van der Waals surface area contributed by atoms with Crippen LogP contribution in [0.3, 0.4) is 0 Å². The maximum atomic E-state index is 13.1. The van der Waals surface area contributed by atoms with Crippen LogP contribution in [0, 0.1) is 5.92 Å². The number of phenols is 1. The summed E-state index contributed by atoms with van der Waals surface area (Å²) in [5.74, 6) is -5.50. The highest BCUT2D eigenvalue weighted by atomic mass is 16.4. The molecule has 216 valence electrons. The van der Waals surface area contributed by atoms with Crippen molar-refractivity contribution >= 4 is 35.5 Å². The van der Waals surface area contributed by atoms with Crippen molar-refractivity contribution < 1.29 is 39.0 Å². The number of primary amides is 2. The van der Waals surface area contributed by atoms with Gasteiger partial charge in [0, 0.05) is 19.3 Å². The molecule has 1 aromatic rings. The molecule has 0 aliphatic rings. The number of nitrogens with one attached hydrogen (secondary N) is 3. The van der Waals surface area contributed by atoms with Gasteiger partial charge in [-0.2, -0.15) is 0 Å². The first-order valence-corrected chi connectivity index (χ1v) is 12.5. The van der Waals surface area contributed by atoms with Crippen LogP contribution in [0.5, 0.6) is 5.75 Å². The van der Waals surface area contributed by atoms with Crippen molar-refractivity contribution in [2.45, 2.75) is 76.5 Å². The molecule has 0 aliphatic carbocycles. The van der Waals surface area contributed by atoms with Crippen LogP contribution in [0.25, 0.3) is 0 Å². The molecule has 0 fully saturated rings. The molecule has 1 rings (SSSR count). The van der Waals surface area contributed by atoms with E-state index in [2.05, 4.69) is 16.0 Å². The Morgan fingerprint density at radius 3 is 1.64 bits per heavy atom. The topological polar surface area (TPSA) is 257 Å².